The van der Waals surface area contributed by atoms with E-state index in [2.05, 4.69) is 4.72 Å². The van der Waals surface area contributed by atoms with Gasteiger partial charge in [-0.25, -0.2) is 13.1 Å². The first-order chi connectivity index (χ1) is 12.3. The summed E-state index contributed by atoms with van der Waals surface area (Å²) in [5, 5.41) is 0. The van der Waals surface area contributed by atoms with Crippen LogP contribution in [-0.4, -0.2) is 44.4 Å². The molecule has 0 bridgehead atoms. The minimum absolute atomic E-state index is 0. The van der Waals surface area contributed by atoms with Crippen LogP contribution < -0.4 is 10.5 Å². The van der Waals surface area contributed by atoms with Gasteiger partial charge >= 0.3 is 0 Å². The highest BCUT2D eigenvalue weighted by molar-refractivity contribution is 7.89. The number of amides is 1. The topological polar surface area (TPSA) is 92.5 Å². The number of rotatable bonds is 5. The Bertz CT molecular complexity index is 746. The van der Waals surface area contributed by atoms with Crippen LogP contribution in [0.5, 0.6) is 0 Å². The summed E-state index contributed by atoms with van der Waals surface area (Å²) in [5.74, 6) is 0.166. The third kappa shape index (κ3) is 5.22. The van der Waals surface area contributed by atoms with E-state index in [1.807, 2.05) is 11.8 Å². The molecular formula is C19H30ClN3O3S. The van der Waals surface area contributed by atoms with Crippen molar-refractivity contribution in [1.29, 1.82) is 0 Å². The molecule has 0 aromatic heterocycles. The summed E-state index contributed by atoms with van der Waals surface area (Å²) in [6.07, 6.45) is 5.34. The van der Waals surface area contributed by atoms with Gasteiger partial charge in [0, 0.05) is 19.6 Å². The molecule has 2 fully saturated rings. The first-order valence-electron chi connectivity index (χ1n) is 9.45. The van der Waals surface area contributed by atoms with Gasteiger partial charge in [-0.1, -0.05) is 30.5 Å². The standard InChI is InChI=1S/C19H29N3O3S.ClH/c1-15-6-8-17(9-7-15)26(24,25)21-13-16-5-4-12-22(14-16)18(23)19(20)10-2-3-11-19;/h6-9,16,21H,2-5,10-14,20H2,1H3;1H. The monoisotopic (exact) mass is 415 g/mol. The molecule has 1 unspecified atom stereocenters. The lowest BCUT2D eigenvalue weighted by Gasteiger charge is -2.37. The maximum absolute atomic E-state index is 12.8. The smallest absolute Gasteiger partial charge is 0.242 e. The van der Waals surface area contributed by atoms with Gasteiger partial charge in [-0.2, -0.15) is 0 Å². The SMILES string of the molecule is Cc1ccc(S(=O)(=O)NCC2CCCN(C(=O)C3(N)CCCC3)C2)cc1.Cl. The molecule has 1 amide bonds. The number of aryl methyl sites for hydroxylation is 1. The number of nitrogens with one attached hydrogen (secondary N) is 1. The van der Waals surface area contributed by atoms with Crippen LogP contribution in [0.1, 0.15) is 44.1 Å². The molecule has 0 spiro atoms. The third-order valence-electron chi connectivity index (χ3n) is 5.62. The fourth-order valence-corrected chi connectivity index (χ4v) is 5.10. The Balaban J connectivity index is 0.00000261. The minimum atomic E-state index is -3.52. The molecule has 1 aliphatic heterocycles. The summed E-state index contributed by atoms with van der Waals surface area (Å²) in [6, 6.07) is 6.81. The van der Waals surface area contributed by atoms with Crippen LogP contribution in [0.25, 0.3) is 0 Å². The summed E-state index contributed by atoms with van der Waals surface area (Å²) >= 11 is 0. The molecule has 1 atom stereocenters. The van der Waals surface area contributed by atoms with Crippen LogP contribution >= 0.6 is 12.4 Å². The maximum Gasteiger partial charge on any atom is 0.242 e. The van der Waals surface area contributed by atoms with Crippen molar-refractivity contribution in [3.05, 3.63) is 29.8 Å². The Morgan fingerprint density at radius 2 is 1.85 bits per heavy atom. The third-order valence-corrected chi connectivity index (χ3v) is 7.06. The number of hydrogen-bond donors (Lipinski definition) is 2. The second-order valence-electron chi connectivity index (χ2n) is 7.79. The Kier molecular flexibility index (Phi) is 7.30. The maximum atomic E-state index is 12.8. The second-order valence-corrected chi connectivity index (χ2v) is 9.55. The average Bonchev–Trinajstić information content (AvgIpc) is 3.08. The van der Waals surface area contributed by atoms with E-state index >= 15 is 0 Å². The molecule has 27 heavy (non-hydrogen) atoms. The van der Waals surface area contributed by atoms with Crippen molar-refractivity contribution in [1.82, 2.24) is 9.62 Å². The van der Waals surface area contributed by atoms with Crippen LogP contribution in [0, 0.1) is 12.8 Å². The Morgan fingerprint density at radius 3 is 2.48 bits per heavy atom. The van der Waals surface area contributed by atoms with Crippen LogP contribution in [0.4, 0.5) is 0 Å². The number of likely N-dealkylation sites (tertiary alicyclic amines) is 1. The molecule has 6 nitrogen and oxygen atoms in total. The zero-order valence-electron chi connectivity index (χ0n) is 15.8. The summed E-state index contributed by atoms with van der Waals surface area (Å²) in [7, 11) is -3.52. The van der Waals surface area contributed by atoms with Crippen molar-refractivity contribution in [3.8, 4) is 0 Å². The van der Waals surface area contributed by atoms with Crippen LogP contribution in [0.2, 0.25) is 0 Å². The van der Waals surface area contributed by atoms with Crippen molar-refractivity contribution in [2.75, 3.05) is 19.6 Å². The quantitative estimate of drug-likeness (QED) is 0.771. The van der Waals surface area contributed by atoms with Gasteiger partial charge in [-0.05, 0) is 50.7 Å². The Hall–Kier alpha value is -1.15. The number of nitrogens with two attached hydrogens (primary N) is 1. The largest absolute Gasteiger partial charge is 0.341 e. The zero-order chi connectivity index (χ0) is 18.8. The van der Waals surface area contributed by atoms with Gasteiger partial charge in [0.15, 0.2) is 0 Å². The molecule has 3 rings (SSSR count). The van der Waals surface area contributed by atoms with E-state index in [4.69, 9.17) is 5.73 Å². The van der Waals surface area contributed by atoms with Crippen LogP contribution in [0.3, 0.4) is 0 Å². The van der Waals surface area contributed by atoms with Gasteiger partial charge in [-0.15, -0.1) is 12.4 Å². The van der Waals surface area contributed by atoms with Crippen molar-refractivity contribution in [2.45, 2.75) is 55.9 Å². The number of hydrogen-bond acceptors (Lipinski definition) is 4. The zero-order valence-corrected chi connectivity index (χ0v) is 17.4. The normalized spacial score (nSPS) is 22.3. The van der Waals surface area contributed by atoms with Gasteiger partial charge in [0.2, 0.25) is 15.9 Å². The molecule has 1 saturated carbocycles. The first kappa shape index (κ1) is 22.1. The Morgan fingerprint density at radius 1 is 1.22 bits per heavy atom. The second kappa shape index (κ2) is 8.90. The first-order valence-corrected chi connectivity index (χ1v) is 10.9. The number of halogens is 1. The van der Waals surface area contributed by atoms with Gasteiger partial charge in [-0.3, -0.25) is 4.79 Å². The van der Waals surface area contributed by atoms with E-state index in [0.29, 0.717) is 13.1 Å². The highest BCUT2D eigenvalue weighted by Crippen LogP contribution is 2.30. The summed E-state index contributed by atoms with van der Waals surface area (Å²) < 4.78 is 27.6. The lowest BCUT2D eigenvalue weighted by molar-refractivity contribution is -0.138. The number of sulfonamides is 1. The lowest BCUT2D eigenvalue weighted by atomic mass is 9.93. The molecule has 1 aliphatic carbocycles. The molecule has 1 saturated heterocycles. The fourth-order valence-electron chi connectivity index (χ4n) is 3.98. The lowest BCUT2D eigenvalue weighted by Crippen LogP contribution is -2.56. The summed E-state index contributed by atoms with van der Waals surface area (Å²) in [6.45, 7) is 3.57. The van der Waals surface area contributed by atoms with Crippen molar-refractivity contribution in [3.63, 3.8) is 0 Å². The van der Waals surface area contributed by atoms with Gasteiger partial charge < -0.3 is 10.6 Å². The summed E-state index contributed by atoms with van der Waals surface area (Å²) in [4.78, 5) is 14.9. The fraction of sp³-hybridized carbons (Fsp3) is 0.632. The number of benzene rings is 1. The van der Waals surface area contributed by atoms with E-state index < -0.39 is 15.6 Å². The minimum Gasteiger partial charge on any atom is -0.341 e. The molecule has 8 heteroatoms. The van der Waals surface area contributed by atoms with Crippen LogP contribution in [0.15, 0.2) is 29.2 Å². The molecule has 2 aliphatic rings. The molecule has 152 valence electrons. The molecule has 3 N–H and O–H groups in total. The van der Waals surface area contributed by atoms with E-state index in [0.717, 1.165) is 50.6 Å². The highest BCUT2D eigenvalue weighted by atomic mass is 35.5. The average molecular weight is 416 g/mol. The number of carbonyl (C=O) groups excluding carboxylic acids is 1. The Labute approximate surface area is 168 Å². The van der Waals surface area contributed by atoms with Gasteiger partial charge in [0.05, 0.1) is 10.4 Å². The predicted octanol–water partition coefficient (Wildman–Crippen LogP) is 2.21. The van der Waals surface area contributed by atoms with Crippen molar-refractivity contribution in [2.24, 2.45) is 11.7 Å². The highest BCUT2D eigenvalue weighted by Gasteiger charge is 2.41. The van der Waals surface area contributed by atoms with Crippen LogP contribution in [-0.2, 0) is 14.8 Å². The molecule has 1 aromatic carbocycles. The van der Waals surface area contributed by atoms with E-state index in [9.17, 15) is 13.2 Å². The number of piperidine rings is 1. The van der Waals surface area contributed by atoms with E-state index in [1.54, 1.807) is 24.3 Å². The van der Waals surface area contributed by atoms with Crippen molar-refractivity contribution >= 4 is 28.3 Å². The molecule has 1 aromatic rings. The predicted molar refractivity (Wildman–Crippen MR) is 108 cm³/mol. The molecular weight excluding hydrogens is 386 g/mol. The number of nitrogens with zero attached hydrogens (tertiary/aromatic N) is 1. The van der Waals surface area contributed by atoms with E-state index in [1.165, 1.54) is 0 Å². The number of carbonyl (C=O) groups is 1. The van der Waals surface area contributed by atoms with E-state index in [-0.39, 0.29) is 29.1 Å². The molecule has 0 radical (unpaired) electrons. The molecule has 1 heterocycles. The van der Waals surface area contributed by atoms with Gasteiger partial charge in [0.1, 0.15) is 0 Å². The summed E-state index contributed by atoms with van der Waals surface area (Å²) in [5.41, 5.74) is 6.62. The van der Waals surface area contributed by atoms with Crippen molar-refractivity contribution < 1.29 is 13.2 Å². The van der Waals surface area contributed by atoms with Gasteiger partial charge in [0.25, 0.3) is 0 Å².